The number of hydrogen-bond acceptors (Lipinski definition) is 2. The van der Waals surface area contributed by atoms with Crippen molar-refractivity contribution < 1.29 is 0 Å². The van der Waals surface area contributed by atoms with Crippen molar-refractivity contribution in [3.05, 3.63) is 230 Å². The molecule has 63 heavy (non-hydrogen) atoms. The van der Waals surface area contributed by atoms with Gasteiger partial charge in [-0.25, -0.2) is 9.97 Å². The average Bonchev–Trinajstić information content (AvgIpc) is 3.59. The highest BCUT2D eigenvalue weighted by atomic mass is 14.9. The highest BCUT2D eigenvalue weighted by molar-refractivity contribution is 6.20. The predicted molar refractivity (Wildman–Crippen MR) is 265 cm³/mol. The van der Waals surface area contributed by atoms with Crippen LogP contribution in [0.5, 0.6) is 0 Å². The van der Waals surface area contributed by atoms with E-state index in [0.717, 1.165) is 33.6 Å². The zero-order valence-corrected chi connectivity index (χ0v) is 35.2. The molecule has 1 aliphatic rings. The van der Waals surface area contributed by atoms with Crippen molar-refractivity contribution in [1.29, 1.82) is 0 Å². The van der Waals surface area contributed by atoms with Gasteiger partial charge in [-0.15, -0.1) is 0 Å². The smallest absolute Gasteiger partial charge is 0.160 e. The molecule has 296 valence electrons. The Morgan fingerprint density at radius 3 is 1.70 bits per heavy atom. The van der Waals surface area contributed by atoms with Crippen molar-refractivity contribution in [1.82, 2.24) is 9.97 Å². The summed E-state index contributed by atoms with van der Waals surface area (Å²) in [6.07, 6.45) is 0. The first-order valence-electron chi connectivity index (χ1n) is 21.8. The summed E-state index contributed by atoms with van der Waals surface area (Å²) in [6, 6.07) is 79.1. The van der Waals surface area contributed by atoms with E-state index in [1.165, 1.54) is 82.4 Å². The maximum Gasteiger partial charge on any atom is 0.160 e. The molecule has 0 bridgehead atoms. The lowest BCUT2D eigenvalue weighted by molar-refractivity contribution is 0.660. The fourth-order valence-corrected chi connectivity index (χ4v) is 10.1. The summed E-state index contributed by atoms with van der Waals surface area (Å²) < 4.78 is 0. The minimum absolute atomic E-state index is 0.0727. The Kier molecular flexibility index (Phi) is 8.55. The second-order valence-corrected chi connectivity index (χ2v) is 17.3. The van der Waals surface area contributed by atoms with E-state index < -0.39 is 0 Å². The fourth-order valence-electron chi connectivity index (χ4n) is 10.1. The van der Waals surface area contributed by atoms with Crippen LogP contribution in [0, 0.1) is 0 Å². The van der Waals surface area contributed by atoms with Gasteiger partial charge in [-0.05, 0) is 106 Å². The average molecular weight is 803 g/mol. The van der Waals surface area contributed by atoms with Crippen LogP contribution in [0.2, 0.25) is 0 Å². The minimum Gasteiger partial charge on any atom is -0.228 e. The number of fused-ring (bicyclic) bond motifs is 7. The third kappa shape index (κ3) is 6.17. The lowest BCUT2D eigenvalue weighted by atomic mass is 9.82. The predicted octanol–water partition coefficient (Wildman–Crippen LogP) is 16.2. The van der Waals surface area contributed by atoms with Crippen LogP contribution in [0.3, 0.4) is 0 Å². The van der Waals surface area contributed by atoms with Crippen LogP contribution in [0.25, 0.3) is 111 Å². The van der Waals surface area contributed by atoms with Crippen molar-refractivity contribution in [3.63, 3.8) is 0 Å². The normalized spacial score (nSPS) is 12.7. The van der Waals surface area contributed by atoms with Gasteiger partial charge in [0.1, 0.15) is 0 Å². The molecule has 2 nitrogen and oxygen atoms in total. The van der Waals surface area contributed by atoms with Crippen LogP contribution in [0.1, 0.15) is 25.0 Å². The van der Waals surface area contributed by atoms with Gasteiger partial charge in [0, 0.05) is 22.1 Å². The molecule has 2 heteroatoms. The van der Waals surface area contributed by atoms with Gasteiger partial charge >= 0.3 is 0 Å². The Bertz CT molecular complexity index is 3560. The summed E-state index contributed by atoms with van der Waals surface area (Å²) in [4.78, 5) is 10.6. The van der Waals surface area contributed by atoms with Crippen molar-refractivity contribution in [2.75, 3.05) is 0 Å². The molecule has 0 aliphatic heterocycles. The molecule has 0 saturated heterocycles. The molecule has 1 aromatic heterocycles. The van der Waals surface area contributed by atoms with Gasteiger partial charge in [-0.3, -0.25) is 0 Å². The van der Waals surface area contributed by atoms with E-state index in [9.17, 15) is 0 Å². The third-order valence-electron chi connectivity index (χ3n) is 13.3. The van der Waals surface area contributed by atoms with Crippen LogP contribution in [0.15, 0.2) is 218 Å². The van der Waals surface area contributed by atoms with Gasteiger partial charge in [0.25, 0.3) is 0 Å². The zero-order valence-electron chi connectivity index (χ0n) is 35.2. The van der Waals surface area contributed by atoms with Gasteiger partial charge in [-0.1, -0.05) is 214 Å². The molecular formula is C61H42N2. The number of aromatic nitrogens is 2. The number of hydrogen-bond donors (Lipinski definition) is 0. The van der Waals surface area contributed by atoms with Crippen LogP contribution in [0.4, 0.5) is 0 Å². The van der Waals surface area contributed by atoms with E-state index in [2.05, 4.69) is 232 Å². The Balaban J connectivity index is 0.995. The summed E-state index contributed by atoms with van der Waals surface area (Å²) in [6.45, 7) is 4.68. The maximum atomic E-state index is 5.32. The summed E-state index contributed by atoms with van der Waals surface area (Å²) in [5.74, 6) is 0.694. The lowest BCUT2D eigenvalue weighted by Crippen LogP contribution is -2.14. The number of rotatable bonds is 6. The molecule has 0 N–H and O–H groups in total. The molecule has 0 atom stereocenters. The summed E-state index contributed by atoms with van der Waals surface area (Å²) in [7, 11) is 0. The summed E-state index contributed by atoms with van der Waals surface area (Å²) in [5, 5.41) is 7.52. The largest absolute Gasteiger partial charge is 0.228 e. The second kappa shape index (κ2) is 14.6. The van der Waals surface area contributed by atoms with Crippen molar-refractivity contribution in [2.45, 2.75) is 19.3 Å². The standard InChI is InChI=1S/C61H42N2/c1-61(2)54-24-11-10-22-52(54)59-50(23-13-25-55(59)61)45-18-12-19-47(36-45)57-38-56(62-60(63-57)44-32-26-40(27-33-44)39-14-4-3-5-15-39)42-28-30-43(31-29-42)58-49-21-9-7-17-46(49)37-53-48-20-8-6-16-41(48)34-35-51(53)58/h3-38H,1-2H3. The molecule has 0 fully saturated rings. The Morgan fingerprint density at radius 2 is 0.873 bits per heavy atom. The quantitative estimate of drug-likeness (QED) is 0.124. The zero-order chi connectivity index (χ0) is 42.1. The van der Waals surface area contributed by atoms with Crippen molar-refractivity contribution >= 4 is 32.3 Å². The van der Waals surface area contributed by atoms with E-state index in [1.54, 1.807) is 0 Å². The van der Waals surface area contributed by atoms with Gasteiger partial charge in [0.2, 0.25) is 0 Å². The van der Waals surface area contributed by atoms with Crippen LogP contribution in [-0.4, -0.2) is 9.97 Å². The van der Waals surface area contributed by atoms with Gasteiger partial charge in [-0.2, -0.15) is 0 Å². The molecule has 1 heterocycles. The molecular weight excluding hydrogens is 761 g/mol. The molecule has 11 aromatic rings. The molecule has 0 saturated carbocycles. The van der Waals surface area contributed by atoms with E-state index in [4.69, 9.17) is 9.97 Å². The van der Waals surface area contributed by atoms with E-state index in [-0.39, 0.29) is 5.41 Å². The second-order valence-electron chi connectivity index (χ2n) is 17.3. The molecule has 10 aromatic carbocycles. The van der Waals surface area contributed by atoms with Crippen LogP contribution < -0.4 is 0 Å². The Hall–Kier alpha value is -7.94. The topological polar surface area (TPSA) is 25.8 Å². The van der Waals surface area contributed by atoms with Gasteiger partial charge < -0.3 is 0 Å². The Labute approximate surface area is 367 Å². The lowest BCUT2D eigenvalue weighted by Gasteiger charge is -2.21. The maximum absolute atomic E-state index is 5.32. The monoisotopic (exact) mass is 802 g/mol. The van der Waals surface area contributed by atoms with Gasteiger partial charge in [0.15, 0.2) is 5.82 Å². The van der Waals surface area contributed by atoms with E-state index in [0.29, 0.717) is 5.82 Å². The first-order chi connectivity index (χ1) is 31.0. The number of nitrogens with zero attached hydrogens (tertiary/aromatic N) is 2. The number of benzene rings is 10. The van der Waals surface area contributed by atoms with Gasteiger partial charge in [0.05, 0.1) is 11.4 Å². The molecule has 0 radical (unpaired) electrons. The summed E-state index contributed by atoms with van der Waals surface area (Å²) in [5.41, 5.74) is 17.3. The molecule has 0 unspecified atom stereocenters. The van der Waals surface area contributed by atoms with E-state index >= 15 is 0 Å². The van der Waals surface area contributed by atoms with Crippen molar-refractivity contribution in [3.8, 4) is 78.4 Å². The van der Waals surface area contributed by atoms with E-state index in [1.807, 2.05) is 0 Å². The third-order valence-corrected chi connectivity index (χ3v) is 13.3. The molecule has 12 rings (SSSR count). The van der Waals surface area contributed by atoms with Crippen LogP contribution in [-0.2, 0) is 5.41 Å². The van der Waals surface area contributed by atoms with Crippen LogP contribution >= 0.6 is 0 Å². The highest BCUT2D eigenvalue weighted by Crippen LogP contribution is 2.52. The highest BCUT2D eigenvalue weighted by Gasteiger charge is 2.36. The molecule has 0 spiro atoms. The van der Waals surface area contributed by atoms with Crippen molar-refractivity contribution in [2.24, 2.45) is 0 Å². The minimum atomic E-state index is -0.0727. The first-order valence-corrected chi connectivity index (χ1v) is 21.8. The molecule has 0 amide bonds. The summed E-state index contributed by atoms with van der Waals surface area (Å²) >= 11 is 0. The SMILES string of the molecule is CC1(C)c2ccccc2-c2c(-c3cccc(-c4cc(-c5ccc(-c6c7ccccc7cc7c6ccc6ccccc67)cc5)nc(-c5ccc(-c6ccccc6)cc5)n4)c3)cccc21. The first kappa shape index (κ1) is 36.9. The molecule has 1 aliphatic carbocycles. The fraction of sp³-hybridized carbons (Fsp3) is 0.0492. The Morgan fingerprint density at radius 1 is 0.302 bits per heavy atom.